The number of allylic oxidation sites excluding steroid dienone is 1. The second kappa shape index (κ2) is 12.3. The predicted octanol–water partition coefficient (Wildman–Crippen LogP) is 1.39. The van der Waals surface area contributed by atoms with Crippen molar-refractivity contribution in [1.82, 2.24) is 25.7 Å². The van der Waals surface area contributed by atoms with Crippen LogP contribution in [0.25, 0.3) is 11.0 Å². The molecule has 4 rings (SSSR count). The molecule has 40 heavy (non-hydrogen) atoms. The van der Waals surface area contributed by atoms with Crippen molar-refractivity contribution in [3.63, 3.8) is 0 Å². The van der Waals surface area contributed by atoms with Crippen LogP contribution in [0.1, 0.15) is 41.0 Å². The summed E-state index contributed by atoms with van der Waals surface area (Å²) >= 11 is 0. The van der Waals surface area contributed by atoms with Crippen molar-refractivity contribution in [2.45, 2.75) is 31.3 Å². The van der Waals surface area contributed by atoms with Crippen molar-refractivity contribution in [1.29, 1.82) is 0 Å². The summed E-state index contributed by atoms with van der Waals surface area (Å²) in [5.74, 6) is -1.69. The fourth-order valence-electron chi connectivity index (χ4n) is 4.53. The third kappa shape index (κ3) is 6.35. The molecule has 0 radical (unpaired) electrons. The Morgan fingerprint density at radius 2 is 1.85 bits per heavy atom. The van der Waals surface area contributed by atoms with Crippen LogP contribution in [0.3, 0.4) is 0 Å². The molecule has 6 N–H and O–H groups in total. The zero-order valence-corrected chi connectivity index (χ0v) is 21.8. The van der Waals surface area contributed by atoms with E-state index in [-0.39, 0.29) is 19.4 Å². The monoisotopic (exact) mass is 546 g/mol. The molecule has 3 amide bonds. The van der Waals surface area contributed by atoms with E-state index in [9.17, 15) is 19.2 Å². The van der Waals surface area contributed by atoms with Gasteiger partial charge in [0.2, 0.25) is 11.8 Å². The summed E-state index contributed by atoms with van der Waals surface area (Å²) in [7, 11) is 1.24. The lowest BCUT2D eigenvalue weighted by molar-refractivity contribution is -0.139. The van der Waals surface area contributed by atoms with Gasteiger partial charge in [-0.1, -0.05) is 36.4 Å². The quantitative estimate of drug-likeness (QED) is 0.144. The van der Waals surface area contributed by atoms with Gasteiger partial charge in [-0.05, 0) is 42.3 Å². The number of esters is 1. The predicted molar refractivity (Wildman–Crippen MR) is 145 cm³/mol. The maximum absolute atomic E-state index is 13.0. The third-order valence-electron chi connectivity index (χ3n) is 6.44. The van der Waals surface area contributed by atoms with E-state index >= 15 is 0 Å². The molecule has 12 nitrogen and oxygen atoms in total. The number of nitrogens with zero attached hydrogens (tertiary/aromatic N) is 2. The van der Waals surface area contributed by atoms with Crippen LogP contribution in [-0.4, -0.2) is 52.1 Å². The Labute approximate surface area is 229 Å². The van der Waals surface area contributed by atoms with Gasteiger partial charge in [-0.15, -0.1) is 0 Å². The zero-order valence-electron chi connectivity index (χ0n) is 21.8. The van der Waals surface area contributed by atoms with Crippen LogP contribution >= 0.6 is 0 Å². The Morgan fingerprint density at radius 1 is 1.10 bits per heavy atom. The number of aromatic nitrogens is 2. The van der Waals surface area contributed by atoms with Gasteiger partial charge in [0.1, 0.15) is 17.9 Å². The molecule has 0 fully saturated rings. The van der Waals surface area contributed by atoms with Gasteiger partial charge in [-0.25, -0.2) is 10.5 Å². The first-order chi connectivity index (χ1) is 19.2. The van der Waals surface area contributed by atoms with Crippen LogP contribution in [0.4, 0.5) is 0 Å². The smallest absolute Gasteiger partial charge is 0.325 e. The fraction of sp³-hybridized carbons (Fsp3) is 0.250. The Balaban J connectivity index is 1.79. The van der Waals surface area contributed by atoms with E-state index in [2.05, 4.69) is 15.4 Å². The standard InChI is InChI=1S/C28H30N6O6/c1-40-25(37)16-30-26(38)19-9-10-22-21(14-19)31-27(34(22)17-18-6-3-2-4-7-18)28(13-5-8-20(29)15-28)32-23(35)11-12-24(36)33-39/h2-10,14-15,39H,11-13,16-17,29H2,1H3,(H,30,38)(H,32,35)(H,33,36). The average Bonchev–Trinajstić information content (AvgIpc) is 3.33. The van der Waals surface area contributed by atoms with Crippen molar-refractivity contribution >= 4 is 34.7 Å². The number of benzene rings is 2. The van der Waals surface area contributed by atoms with E-state index in [1.807, 2.05) is 41.0 Å². The van der Waals surface area contributed by atoms with Crippen LogP contribution in [-0.2, 0) is 31.2 Å². The van der Waals surface area contributed by atoms with Gasteiger partial charge >= 0.3 is 5.97 Å². The molecule has 0 bridgehead atoms. The number of hydroxylamine groups is 1. The fourth-order valence-corrected chi connectivity index (χ4v) is 4.53. The van der Waals surface area contributed by atoms with Crippen LogP contribution < -0.4 is 21.8 Å². The number of carbonyl (C=O) groups is 4. The minimum absolute atomic E-state index is 0.172. The molecule has 0 aliphatic heterocycles. The summed E-state index contributed by atoms with van der Waals surface area (Å²) in [6.07, 6.45) is 5.22. The molecule has 208 valence electrons. The van der Waals surface area contributed by atoms with Crippen LogP contribution in [0, 0.1) is 0 Å². The summed E-state index contributed by atoms with van der Waals surface area (Å²) in [6.45, 7) is 0.128. The largest absolute Gasteiger partial charge is 0.468 e. The molecule has 1 atom stereocenters. The molecule has 1 unspecified atom stereocenters. The van der Waals surface area contributed by atoms with Gasteiger partial charge in [0, 0.05) is 30.6 Å². The molecule has 1 aliphatic carbocycles. The first-order valence-corrected chi connectivity index (χ1v) is 12.5. The molecule has 0 spiro atoms. The summed E-state index contributed by atoms with van der Waals surface area (Å²) in [5, 5.41) is 14.3. The van der Waals surface area contributed by atoms with Crippen molar-refractivity contribution in [3.8, 4) is 0 Å². The number of hydrogen-bond donors (Lipinski definition) is 5. The number of imidazole rings is 1. The Kier molecular flexibility index (Phi) is 8.60. The third-order valence-corrected chi connectivity index (χ3v) is 6.44. The summed E-state index contributed by atoms with van der Waals surface area (Å²) in [4.78, 5) is 53.6. The zero-order chi connectivity index (χ0) is 28.7. The molecule has 12 heteroatoms. The minimum Gasteiger partial charge on any atom is -0.468 e. The van der Waals surface area contributed by atoms with E-state index in [0.717, 1.165) is 5.56 Å². The number of nitrogens with two attached hydrogens (primary N) is 1. The number of ether oxygens (including phenoxy) is 1. The molecule has 1 aliphatic rings. The normalized spacial score (nSPS) is 16.2. The maximum atomic E-state index is 13.0. The second-order valence-corrected chi connectivity index (χ2v) is 9.27. The molecule has 2 aromatic carbocycles. The van der Waals surface area contributed by atoms with E-state index in [1.54, 1.807) is 30.4 Å². The van der Waals surface area contributed by atoms with Gasteiger partial charge in [0.25, 0.3) is 5.91 Å². The summed E-state index contributed by atoms with van der Waals surface area (Å²) in [5.41, 5.74) is 9.44. The maximum Gasteiger partial charge on any atom is 0.325 e. The van der Waals surface area contributed by atoms with E-state index in [0.29, 0.717) is 41.1 Å². The number of hydrogen-bond acceptors (Lipinski definition) is 8. The number of nitrogens with one attached hydrogen (secondary N) is 3. The second-order valence-electron chi connectivity index (χ2n) is 9.27. The van der Waals surface area contributed by atoms with Crippen molar-refractivity contribution in [2.75, 3.05) is 13.7 Å². The molecule has 0 saturated carbocycles. The number of rotatable bonds is 10. The van der Waals surface area contributed by atoms with E-state index in [4.69, 9.17) is 15.9 Å². The highest BCUT2D eigenvalue weighted by Gasteiger charge is 2.38. The first-order valence-electron chi connectivity index (χ1n) is 12.5. The van der Waals surface area contributed by atoms with Crippen molar-refractivity contribution < 1.29 is 29.1 Å². The van der Waals surface area contributed by atoms with Gasteiger partial charge in [0.15, 0.2) is 0 Å². The lowest BCUT2D eigenvalue weighted by Crippen LogP contribution is -2.47. The van der Waals surface area contributed by atoms with E-state index < -0.39 is 29.2 Å². The molecule has 3 aromatic rings. The summed E-state index contributed by atoms with van der Waals surface area (Å²) in [6, 6.07) is 14.7. The highest BCUT2D eigenvalue weighted by atomic mass is 16.5. The molecule has 1 heterocycles. The van der Waals surface area contributed by atoms with Gasteiger partial charge in [-0.3, -0.25) is 24.4 Å². The average molecular weight is 547 g/mol. The number of amides is 3. The van der Waals surface area contributed by atoms with Gasteiger partial charge in [-0.2, -0.15) is 0 Å². The first kappa shape index (κ1) is 28.0. The minimum atomic E-state index is -1.16. The summed E-state index contributed by atoms with van der Waals surface area (Å²) < 4.78 is 6.53. The van der Waals surface area contributed by atoms with Crippen molar-refractivity contribution in [3.05, 3.63) is 89.4 Å². The highest BCUT2D eigenvalue weighted by molar-refractivity contribution is 5.98. The number of carbonyl (C=O) groups excluding carboxylic acids is 4. The lowest BCUT2D eigenvalue weighted by Gasteiger charge is -2.33. The molecule has 0 saturated heterocycles. The number of fused-ring (bicyclic) bond motifs is 1. The van der Waals surface area contributed by atoms with Crippen LogP contribution in [0.2, 0.25) is 0 Å². The number of methoxy groups -OCH3 is 1. The van der Waals surface area contributed by atoms with Crippen molar-refractivity contribution in [2.24, 2.45) is 5.73 Å². The Morgan fingerprint density at radius 3 is 2.55 bits per heavy atom. The van der Waals surface area contributed by atoms with Gasteiger partial charge in [0.05, 0.1) is 18.1 Å². The topological polar surface area (TPSA) is 178 Å². The van der Waals surface area contributed by atoms with E-state index in [1.165, 1.54) is 12.6 Å². The highest BCUT2D eigenvalue weighted by Crippen LogP contribution is 2.34. The molecular weight excluding hydrogens is 516 g/mol. The Hall–Kier alpha value is -4.97. The molecular formula is C28H30N6O6. The van der Waals surface area contributed by atoms with Gasteiger partial charge < -0.3 is 25.7 Å². The Bertz CT molecular complexity index is 1500. The van der Waals surface area contributed by atoms with Crippen LogP contribution in [0.15, 0.2) is 72.5 Å². The molecule has 1 aromatic heterocycles. The van der Waals surface area contributed by atoms with Crippen LogP contribution in [0.5, 0.6) is 0 Å². The SMILES string of the molecule is COC(=O)CNC(=O)c1ccc2c(c1)nc(C1(NC(=O)CCC(=O)NO)C=C(N)C=CC1)n2Cc1ccccc1. The lowest BCUT2D eigenvalue weighted by atomic mass is 9.88.